The van der Waals surface area contributed by atoms with Gasteiger partial charge in [0, 0.05) is 11.1 Å². The van der Waals surface area contributed by atoms with Crippen LogP contribution < -0.4 is 0 Å². The molecule has 0 unspecified atom stereocenters. The Morgan fingerprint density at radius 3 is 2.07 bits per heavy atom. The normalized spacial score (nSPS) is 9.86. The summed E-state index contributed by atoms with van der Waals surface area (Å²) >= 11 is 10.9. The van der Waals surface area contributed by atoms with E-state index in [0.29, 0.717) is 0 Å². The van der Waals surface area contributed by atoms with Gasteiger partial charge in [-0.3, -0.25) is 20.2 Å². The molecule has 8 heteroatoms. The van der Waals surface area contributed by atoms with Crippen molar-refractivity contribution in [2.24, 2.45) is 0 Å². The minimum absolute atomic E-state index is 0.0210. The summed E-state index contributed by atoms with van der Waals surface area (Å²) in [4.78, 5) is 19.0. The molecule has 0 saturated heterocycles. The number of hydrogen-bond acceptors (Lipinski definition) is 4. The highest BCUT2D eigenvalue weighted by Gasteiger charge is 2.28. The van der Waals surface area contributed by atoms with Crippen LogP contribution in [-0.2, 0) is 0 Å². The van der Waals surface area contributed by atoms with Gasteiger partial charge in [0.25, 0.3) is 0 Å². The lowest BCUT2D eigenvalue weighted by atomic mass is 10.3. The van der Waals surface area contributed by atoms with Crippen LogP contribution >= 0.6 is 23.2 Å². The van der Waals surface area contributed by atoms with Crippen molar-refractivity contribution in [3.05, 3.63) is 42.4 Å². The van der Waals surface area contributed by atoms with Crippen LogP contribution in [0.3, 0.4) is 0 Å². The Balaban J connectivity index is 3.52. The summed E-state index contributed by atoms with van der Waals surface area (Å²) < 4.78 is 0. The van der Waals surface area contributed by atoms with Crippen LogP contribution in [0.5, 0.6) is 0 Å². The molecular formula is C6H2Cl2N2O4. The molecule has 1 aromatic carbocycles. The van der Waals surface area contributed by atoms with Crippen molar-refractivity contribution in [3.63, 3.8) is 0 Å². The van der Waals surface area contributed by atoms with Crippen LogP contribution in [0.2, 0.25) is 10.0 Å². The molecule has 0 aliphatic heterocycles. The molecular weight excluding hydrogens is 235 g/mol. The van der Waals surface area contributed by atoms with Gasteiger partial charge >= 0.3 is 11.4 Å². The first-order valence-corrected chi connectivity index (χ1v) is 3.97. The molecule has 0 bridgehead atoms. The summed E-state index contributed by atoms with van der Waals surface area (Å²) in [6, 6.07) is 1.96. The van der Waals surface area contributed by atoms with Gasteiger partial charge in [-0.15, -0.1) is 0 Å². The molecule has 0 aromatic heterocycles. The van der Waals surface area contributed by atoms with Gasteiger partial charge in [0.05, 0.1) is 9.85 Å². The molecule has 0 aliphatic rings. The molecule has 0 N–H and O–H groups in total. The Bertz CT molecular complexity index is 421. The first-order valence-electron chi connectivity index (χ1n) is 3.21. The second-order valence-electron chi connectivity index (χ2n) is 2.27. The molecule has 0 aliphatic carbocycles. The zero-order chi connectivity index (χ0) is 10.9. The van der Waals surface area contributed by atoms with Crippen molar-refractivity contribution in [2.75, 3.05) is 0 Å². The van der Waals surface area contributed by atoms with Crippen LogP contribution in [0.15, 0.2) is 12.1 Å². The van der Waals surface area contributed by atoms with E-state index in [1.807, 2.05) is 0 Å². The van der Waals surface area contributed by atoms with E-state index in [1.54, 1.807) is 0 Å². The summed E-state index contributed by atoms with van der Waals surface area (Å²) in [6.07, 6.45) is 0. The van der Waals surface area contributed by atoms with Gasteiger partial charge < -0.3 is 0 Å². The van der Waals surface area contributed by atoms with Crippen molar-refractivity contribution < 1.29 is 9.85 Å². The molecule has 0 amide bonds. The van der Waals surface area contributed by atoms with Crippen LogP contribution in [0.1, 0.15) is 0 Å². The van der Waals surface area contributed by atoms with E-state index in [4.69, 9.17) is 23.2 Å². The van der Waals surface area contributed by atoms with E-state index in [2.05, 4.69) is 0 Å². The van der Waals surface area contributed by atoms with E-state index >= 15 is 0 Å². The lowest BCUT2D eigenvalue weighted by Gasteiger charge is -1.97. The minimum atomic E-state index is -0.920. The molecule has 0 radical (unpaired) electrons. The number of nitro groups is 2. The Morgan fingerprint density at radius 2 is 1.64 bits per heavy atom. The quantitative estimate of drug-likeness (QED) is 0.584. The third-order valence-electron chi connectivity index (χ3n) is 1.39. The molecule has 0 spiro atoms. The Kier molecular flexibility index (Phi) is 2.87. The topological polar surface area (TPSA) is 86.3 Å². The van der Waals surface area contributed by atoms with Crippen LogP contribution in [0.4, 0.5) is 11.4 Å². The average Bonchev–Trinajstić information content (AvgIpc) is 2.01. The third-order valence-corrected chi connectivity index (χ3v) is 1.89. The van der Waals surface area contributed by atoms with E-state index in [1.165, 1.54) is 0 Å². The smallest absolute Gasteiger partial charge is 0.258 e. The maximum atomic E-state index is 10.4. The highest BCUT2D eigenvalue weighted by molar-refractivity contribution is 6.36. The summed E-state index contributed by atoms with van der Waals surface area (Å²) in [6.45, 7) is 0. The second kappa shape index (κ2) is 3.77. The fourth-order valence-corrected chi connectivity index (χ4v) is 1.42. The maximum Gasteiger partial charge on any atom is 0.364 e. The molecule has 0 heterocycles. The summed E-state index contributed by atoms with van der Waals surface area (Å²) in [5.41, 5.74) is -1.46. The Labute approximate surface area is 87.3 Å². The van der Waals surface area contributed by atoms with Gasteiger partial charge in [-0.2, -0.15) is 0 Å². The fraction of sp³-hybridized carbons (Fsp3) is 0. The number of hydrogen-bond donors (Lipinski definition) is 0. The van der Waals surface area contributed by atoms with Gasteiger partial charge in [0.2, 0.25) is 0 Å². The Morgan fingerprint density at radius 1 is 1.07 bits per heavy atom. The number of benzene rings is 1. The first-order chi connectivity index (χ1) is 6.43. The number of nitrogens with zero attached hydrogens (tertiary/aromatic N) is 2. The fourth-order valence-electron chi connectivity index (χ4n) is 0.872. The van der Waals surface area contributed by atoms with Crippen molar-refractivity contribution in [1.29, 1.82) is 0 Å². The van der Waals surface area contributed by atoms with Crippen LogP contribution in [-0.4, -0.2) is 9.85 Å². The van der Waals surface area contributed by atoms with E-state index in [9.17, 15) is 20.2 Å². The molecule has 0 fully saturated rings. The summed E-state index contributed by atoms with van der Waals surface area (Å²) in [5, 5.41) is 20.5. The molecule has 0 saturated carbocycles. The largest absolute Gasteiger partial charge is 0.364 e. The maximum absolute atomic E-state index is 10.4. The second-order valence-corrected chi connectivity index (χ2v) is 3.11. The number of halogens is 2. The monoisotopic (exact) mass is 236 g/mol. The predicted octanol–water partition coefficient (Wildman–Crippen LogP) is 2.81. The van der Waals surface area contributed by atoms with Crippen molar-refractivity contribution in [1.82, 2.24) is 0 Å². The van der Waals surface area contributed by atoms with Crippen molar-refractivity contribution in [2.45, 2.75) is 0 Å². The molecule has 6 nitrogen and oxygen atoms in total. The van der Waals surface area contributed by atoms with E-state index in [0.717, 1.165) is 12.1 Å². The van der Waals surface area contributed by atoms with Crippen molar-refractivity contribution >= 4 is 34.6 Å². The van der Waals surface area contributed by atoms with Gasteiger partial charge in [-0.1, -0.05) is 23.2 Å². The van der Waals surface area contributed by atoms with Gasteiger partial charge in [-0.05, 0) is 6.07 Å². The van der Waals surface area contributed by atoms with Gasteiger partial charge in [-0.25, -0.2) is 0 Å². The highest BCUT2D eigenvalue weighted by Crippen LogP contribution is 2.36. The molecule has 0 atom stereocenters. The first kappa shape index (κ1) is 10.7. The molecule has 74 valence electrons. The summed E-state index contributed by atoms with van der Waals surface area (Å²) in [7, 11) is 0. The van der Waals surface area contributed by atoms with Gasteiger partial charge in [0.1, 0.15) is 5.02 Å². The standard InChI is InChI=1S/C6H2Cl2N2O4/c7-3-1-4(8)6(10(13)14)5(2-3)9(11)12/h1-2H. The minimum Gasteiger partial charge on any atom is -0.258 e. The predicted molar refractivity (Wildman–Crippen MR) is 49.8 cm³/mol. The third kappa shape index (κ3) is 1.91. The number of rotatable bonds is 2. The molecule has 1 rings (SSSR count). The van der Waals surface area contributed by atoms with Gasteiger partial charge in [0.15, 0.2) is 0 Å². The lowest BCUT2D eigenvalue weighted by Crippen LogP contribution is -1.97. The SMILES string of the molecule is O=[N+]([O-])c1cc(Cl)cc(Cl)c1[N+](=O)[O-]. The van der Waals surface area contributed by atoms with Crippen LogP contribution in [0, 0.1) is 20.2 Å². The number of nitro benzene ring substituents is 2. The highest BCUT2D eigenvalue weighted by atomic mass is 35.5. The van der Waals surface area contributed by atoms with E-state index in [-0.39, 0.29) is 10.0 Å². The van der Waals surface area contributed by atoms with Crippen molar-refractivity contribution in [3.8, 4) is 0 Å². The lowest BCUT2D eigenvalue weighted by molar-refractivity contribution is -0.422. The Hall–Kier alpha value is -1.40. The zero-order valence-electron chi connectivity index (χ0n) is 6.44. The average molecular weight is 237 g/mol. The van der Waals surface area contributed by atoms with Crippen LogP contribution in [0.25, 0.3) is 0 Å². The summed E-state index contributed by atoms with van der Waals surface area (Å²) in [5.74, 6) is 0. The zero-order valence-corrected chi connectivity index (χ0v) is 7.95. The van der Waals surface area contributed by atoms with E-state index < -0.39 is 21.2 Å². The molecule has 14 heavy (non-hydrogen) atoms. The molecule has 1 aromatic rings.